The normalized spacial score (nSPS) is 20.5. The number of carbonyl (C=O) groups excluding carboxylic acids is 1. The van der Waals surface area contributed by atoms with Gasteiger partial charge in [0, 0.05) is 26.3 Å². The Balaban J connectivity index is 2.10. The van der Waals surface area contributed by atoms with E-state index in [4.69, 9.17) is 11.6 Å². The maximum Gasteiger partial charge on any atom is 0.270 e. The highest BCUT2D eigenvalue weighted by Gasteiger charge is 2.23. The van der Waals surface area contributed by atoms with Crippen LogP contribution in [0.3, 0.4) is 0 Å². The standard InChI is InChI=1S/C13H20ClN3O/c1-16-9-10(14)8-12(16)13(18)17(2)11-4-3-6-15-7-5-11/h8-9,11,15H,3-7H2,1-2H3. The molecule has 1 aliphatic rings. The van der Waals surface area contributed by atoms with Gasteiger partial charge in [0.15, 0.2) is 0 Å². The fourth-order valence-corrected chi connectivity index (χ4v) is 2.72. The summed E-state index contributed by atoms with van der Waals surface area (Å²) < 4.78 is 1.79. The summed E-state index contributed by atoms with van der Waals surface area (Å²) in [4.78, 5) is 14.3. The number of nitrogens with one attached hydrogen (secondary N) is 1. The van der Waals surface area contributed by atoms with Crippen molar-refractivity contribution in [3.8, 4) is 0 Å². The molecule has 2 heterocycles. The van der Waals surface area contributed by atoms with E-state index in [-0.39, 0.29) is 5.91 Å². The van der Waals surface area contributed by atoms with Crippen molar-refractivity contribution < 1.29 is 4.79 Å². The Bertz CT molecular complexity index is 422. The van der Waals surface area contributed by atoms with Crippen LogP contribution in [0.4, 0.5) is 0 Å². The zero-order chi connectivity index (χ0) is 13.1. The summed E-state index contributed by atoms with van der Waals surface area (Å²) in [5.41, 5.74) is 0.653. The molecule has 1 atom stereocenters. The molecule has 1 aliphatic heterocycles. The molecule has 0 radical (unpaired) electrons. The van der Waals surface area contributed by atoms with E-state index in [0.29, 0.717) is 16.8 Å². The zero-order valence-electron chi connectivity index (χ0n) is 10.9. The van der Waals surface area contributed by atoms with Gasteiger partial charge in [-0.05, 0) is 38.4 Å². The van der Waals surface area contributed by atoms with Crippen molar-refractivity contribution in [3.05, 3.63) is 23.0 Å². The molecule has 1 amide bonds. The maximum atomic E-state index is 12.4. The van der Waals surface area contributed by atoms with E-state index in [1.165, 1.54) is 0 Å². The molecule has 0 bridgehead atoms. The Labute approximate surface area is 113 Å². The lowest BCUT2D eigenvalue weighted by Crippen LogP contribution is -2.38. The molecule has 0 aromatic carbocycles. The van der Waals surface area contributed by atoms with Gasteiger partial charge in [0.2, 0.25) is 0 Å². The minimum atomic E-state index is 0.0521. The van der Waals surface area contributed by atoms with Crippen LogP contribution in [0.2, 0.25) is 5.02 Å². The Kier molecular flexibility index (Phi) is 4.30. The number of halogens is 1. The van der Waals surface area contributed by atoms with Gasteiger partial charge in [0.25, 0.3) is 5.91 Å². The Morgan fingerprint density at radius 3 is 2.94 bits per heavy atom. The van der Waals surface area contributed by atoms with Crippen LogP contribution in [0.15, 0.2) is 12.3 Å². The Hall–Kier alpha value is -1.00. The van der Waals surface area contributed by atoms with Gasteiger partial charge < -0.3 is 14.8 Å². The molecular formula is C13H20ClN3O. The largest absolute Gasteiger partial charge is 0.345 e. The van der Waals surface area contributed by atoms with Crippen LogP contribution in [-0.4, -0.2) is 41.6 Å². The molecule has 1 N–H and O–H groups in total. The van der Waals surface area contributed by atoms with Crippen molar-refractivity contribution >= 4 is 17.5 Å². The molecule has 5 heteroatoms. The first-order chi connectivity index (χ1) is 8.59. The lowest BCUT2D eigenvalue weighted by molar-refractivity contribution is 0.0711. The summed E-state index contributed by atoms with van der Waals surface area (Å²) in [6.45, 7) is 2.03. The Morgan fingerprint density at radius 2 is 2.28 bits per heavy atom. The van der Waals surface area contributed by atoms with Gasteiger partial charge in [0.1, 0.15) is 5.69 Å². The first-order valence-corrected chi connectivity index (χ1v) is 6.77. The average molecular weight is 270 g/mol. The van der Waals surface area contributed by atoms with Crippen LogP contribution in [0.5, 0.6) is 0 Å². The second-order valence-electron chi connectivity index (χ2n) is 4.91. The zero-order valence-corrected chi connectivity index (χ0v) is 11.7. The molecule has 0 saturated carbocycles. The third-order valence-corrected chi connectivity index (χ3v) is 3.81. The van der Waals surface area contributed by atoms with Crippen LogP contribution < -0.4 is 5.32 Å². The van der Waals surface area contributed by atoms with Crippen molar-refractivity contribution in [1.29, 1.82) is 0 Å². The second-order valence-corrected chi connectivity index (χ2v) is 5.34. The van der Waals surface area contributed by atoms with Crippen LogP contribution in [0.25, 0.3) is 0 Å². The van der Waals surface area contributed by atoms with Gasteiger partial charge in [0.05, 0.1) is 5.02 Å². The molecular weight excluding hydrogens is 250 g/mol. The van der Waals surface area contributed by atoms with E-state index in [0.717, 1.165) is 32.4 Å². The van der Waals surface area contributed by atoms with E-state index in [9.17, 15) is 4.79 Å². The lowest BCUT2D eigenvalue weighted by atomic mass is 10.1. The number of hydrogen-bond donors (Lipinski definition) is 1. The summed E-state index contributed by atoms with van der Waals surface area (Å²) in [6, 6.07) is 2.05. The first-order valence-electron chi connectivity index (χ1n) is 6.39. The molecule has 1 aromatic rings. The molecule has 1 unspecified atom stereocenters. The predicted octanol–water partition coefficient (Wildman–Crippen LogP) is 1.89. The topological polar surface area (TPSA) is 37.3 Å². The SMILES string of the molecule is CN(C(=O)c1cc(Cl)cn1C)C1CCCNCC1. The first kappa shape index (κ1) is 13.4. The van der Waals surface area contributed by atoms with Crippen molar-refractivity contribution in [2.45, 2.75) is 25.3 Å². The Morgan fingerprint density at radius 1 is 1.50 bits per heavy atom. The third-order valence-electron chi connectivity index (χ3n) is 3.60. The summed E-state index contributed by atoms with van der Waals surface area (Å²) in [5, 5.41) is 3.97. The van der Waals surface area contributed by atoms with Crippen molar-refractivity contribution in [2.24, 2.45) is 7.05 Å². The van der Waals surface area contributed by atoms with E-state index in [2.05, 4.69) is 5.32 Å². The molecule has 1 fully saturated rings. The number of hydrogen-bond acceptors (Lipinski definition) is 2. The second kappa shape index (κ2) is 5.76. The highest BCUT2D eigenvalue weighted by atomic mass is 35.5. The number of carbonyl (C=O) groups is 1. The van der Waals surface area contributed by atoms with Gasteiger partial charge >= 0.3 is 0 Å². The van der Waals surface area contributed by atoms with Crippen molar-refractivity contribution in [2.75, 3.05) is 20.1 Å². The van der Waals surface area contributed by atoms with E-state index >= 15 is 0 Å². The third kappa shape index (κ3) is 2.87. The average Bonchev–Trinajstić information content (AvgIpc) is 2.59. The molecule has 2 rings (SSSR count). The van der Waals surface area contributed by atoms with Crippen LogP contribution in [0.1, 0.15) is 29.8 Å². The van der Waals surface area contributed by atoms with Crippen LogP contribution in [0, 0.1) is 0 Å². The number of rotatable bonds is 2. The lowest BCUT2D eigenvalue weighted by Gasteiger charge is -2.27. The number of aryl methyl sites for hydroxylation is 1. The van der Waals surface area contributed by atoms with Crippen LogP contribution >= 0.6 is 11.6 Å². The molecule has 1 saturated heterocycles. The quantitative estimate of drug-likeness (QED) is 0.890. The maximum absolute atomic E-state index is 12.4. The van der Waals surface area contributed by atoms with E-state index < -0.39 is 0 Å². The van der Waals surface area contributed by atoms with Gasteiger partial charge in [-0.15, -0.1) is 0 Å². The van der Waals surface area contributed by atoms with Crippen molar-refractivity contribution in [1.82, 2.24) is 14.8 Å². The highest BCUT2D eigenvalue weighted by molar-refractivity contribution is 6.31. The monoisotopic (exact) mass is 269 g/mol. The van der Waals surface area contributed by atoms with E-state index in [1.54, 1.807) is 16.8 Å². The smallest absolute Gasteiger partial charge is 0.270 e. The number of aromatic nitrogens is 1. The number of nitrogens with zero attached hydrogens (tertiary/aromatic N) is 2. The summed E-state index contributed by atoms with van der Waals surface area (Å²) >= 11 is 5.92. The molecule has 100 valence electrons. The molecule has 0 spiro atoms. The summed E-state index contributed by atoms with van der Waals surface area (Å²) in [6.07, 6.45) is 4.96. The van der Waals surface area contributed by atoms with Gasteiger partial charge in [-0.2, -0.15) is 0 Å². The van der Waals surface area contributed by atoms with Crippen LogP contribution in [-0.2, 0) is 7.05 Å². The fourth-order valence-electron chi connectivity index (χ4n) is 2.47. The molecule has 0 aliphatic carbocycles. The molecule has 1 aromatic heterocycles. The predicted molar refractivity (Wildman–Crippen MR) is 73.0 cm³/mol. The molecule has 18 heavy (non-hydrogen) atoms. The van der Waals surface area contributed by atoms with Crippen molar-refractivity contribution in [3.63, 3.8) is 0 Å². The minimum absolute atomic E-state index is 0.0521. The number of amides is 1. The summed E-state index contributed by atoms with van der Waals surface area (Å²) in [7, 11) is 3.74. The minimum Gasteiger partial charge on any atom is -0.345 e. The van der Waals surface area contributed by atoms with E-state index in [1.807, 2.05) is 19.0 Å². The fraction of sp³-hybridized carbons (Fsp3) is 0.615. The van der Waals surface area contributed by atoms with Gasteiger partial charge in [-0.25, -0.2) is 0 Å². The highest BCUT2D eigenvalue weighted by Crippen LogP contribution is 2.18. The summed E-state index contributed by atoms with van der Waals surface area (Å²) in [5.74, 6) is 0.0521. The van der Waals surface area contributed by atoms with Gasteiger partial charge in [-0.3, -0.25) is 4.79 Å². The molecule has 4 nitrogen and oxygen atoms in total. The van der Waals surface area contributed by atoms with Gasteiger partial charge in [-0.1, -0.05) is 11.6 Å².